The summed E-state index contributed by atoms with van der Waals surface area (Å²) in [7, 11) is 0. The van der Waals surface area contributed by atoms with E-state index in [0.717, 1.165) is 22.8 Å². The predicted octanol–water partition coefficient (Wildman–Crippen LogP) is 2.78. The molecule has 4 rings (SSSR count). The monoisotopic (exact) mass is 300 g/mol. The smallest absolute Gasteiger partial charge is 0.189 e. The zero-order valence-electron chi connectivity index (χ0n) is 12.1. The van der Waals surface area contributed by atoms with E-state index in [4.69, 9.17) is 4.74 Å². The summed E-state index contributed by atoms with van der Waals surface area (Å²) in [5.74, 6) is 1.19. The second-order valence-electron chi connectivity index (χ2n) is 5.13. The van der Waals surface area contributed by atoms with Gasteiger partial charge in [-0.05, 0) is 23.6 Å². The van der Waals surface area contributed by atoms with Crippen LogP contribution in [0.2, 0.25) is 0 Å². The molecule has 0 unspecified atom stereocenters. The lowest BCUT2D eigenvalue weighted by Gasteiger charge is -2.04. The molecule has 0 saturated carbocycles. The third-order valence-corrected chi connectivity index (χ3v) is 3.68. The highest BCUT2D eigenvalue weighted by Crippen LogP contribution is 2.25. The Balaban J connectivity index is 1.72. The Kier molecular flexibility index (Phi) is 3.20. The van der Waals surface area contributed by atoms with Crippen LogP contribution in [0.15, 0.2) is 82.7 Å². The van der Waals surface area contributed by atoms with Crippen LogP contribution in [0.5, 0.6) is 5.75 Å². The van der Waals surface area contributed by atoms with Crippen molar-refractivity contribution in [3.63, 3.8) is 0 Å². The Morgan fingerprint density at radius 2 is 1.70 bits per heavy atom. The van der Waals surface area contributed by atoms with E-state index in [1.165, 1.54) is 6.26 Å². The van der Waals surface area contributed by atoms with Gasteiger partial charge in [-0.1, -0.05) is 42.5 Å². The molecule has 3 aromatic rings. The summed E-state index contributed by atoms with van der Waals surface area (Å²) in [6.07, 6.45) is 2.29. The van der Waals surface area contributed by atoms with Crippen LogP contribution >= 0.6 is 0 Å². The standard InChI is InChI=1S/C19H12N2O2/c22-11-14-7-3-9-16-19(14)21-18(20-16)12-23-17-10-4-6-13-5-1-2-8-15(13)17/h1-12H. The van der Waals surface area contributed by atoms with Crippen LogP contribution in [0.3, 0.4) is 0 Å². The molecular weight excluding hydrogens is 288 g/mol. The van der Waals surface area contributed by atoms with Crippen molar-refractivity contribution in [2.45, 2.75) is 0 Å². The van der Waals surface area contributed by atoms with Crippen molar-refractivity contribution in [3.8, 4) is 5.75 Å². The van der Waals surface area contributed by atoms with Crippen LogP contribution in [0.25, 0.3) is 10.8 Å². The molecule has 23 heavy (non-hydrogen) atoms. The number of hydrogen-bond acceptors (Lipinski definition) is 4. The second kappa shape index (κ2) is 5.50. The van der Waals surface area contributed by atoms with Crippen molar-refractivity contribution in [1.29, 1.82) is 0 Å². The summed E-state index contributed by atoms with van der Waals surface area (Å²) in [5, 5.41) is 3.41. The molecule has 1 aliphatic heterocycles. The van der Waals surface area contributed by atoms with Crippen molar-refractivity contribution in [3.05, 3.63) is 89.0 Å². The number of benzene rings is 3. The first-order valence-corrected chi connectivity index (χ1v) is 7.21. The van der Waals surface area contributed by atoms with Crippen LogP contribution in [0.4, 0.5) is 0 Å². The highest BCUT2D eigenvalue weighted by Gasteiger charge is 2.07. The predicted molar refractivity (Wildman–Crippen MR) is 86.8 cm³/mol. The first-order valence-electron chi connectivity index (χ1n) is 7.21. The van der Waals surface area contributed by atoms with Crippen LogP contribution in [0, 0.1) is 0 Å². The summed E-state index contributed by atoms with van der Waals surface area (Å²) in [6.45, 7) is 0. The topological polar surface area (TPSA) is 51.0 Å². The number of nitrogens with zero attached hydrogens (tertiary/aromatic N) is 2. The number of rotatable bonds is 3. The molecule has 1 heterocycles. The molecule has 0 spiro atoms. The van der Waals surface area contributed by atoms with E-state index in [0.29, 0.717) is 22.1 Å². The van der Waals surface area contributed by atoms with Crippen LogP contribution < -0.4 is 15.5 Å². The Labute approximate surface area is 132 Å². The molecule has 0 aromatic heterocycles. The average Bonchev–Trinajstić information content (AvgIpc) is 3.03. The van der Waals surface area contributed by atoms with Crippen LogP contribution in [-0.4, -0.2) is 6.29 Å². The normalized spacial score (nSPS) is 14.2. The maximum absolute atomic E-state index is 11.0. The molecule has 1 aliphatic rings. The van der Waals surface area contributed by atoms with Crippen molar-refractivity contribution >= 4 is 17.1 Å². The summed E-state index contributed by atoms with van der Waals surface area (Å²) in [6, 6.07) is 19.2. The molecule has 4 heteroatoms. The second-order valence-corrected chi connectivity index (χ2v) is 5.13. The fourth-order valence-electron chi connectivity index (χ4n) is 2.59. The fraction of sp³-hybridized carbons (Fsp3) is 0. The first kappa shape index (κ1) is 13.4. The third kappa shape index (κ3) is 2.40. The summed E-state index contributed by atoms with van der Waals surface area (Å²) in [5.41, 5.74) is 0.528. The third-order valence-electron chi connectivity index (χ3n) is 3.68. The van der Waals surface area contributed by atoms with Gasteiger partial charge >= 0.3 is 0 Å². The average molecular weight is 300 g/mol. The van der Waals surface area contributed by atoms with Crippen molar-refractivity contribution in [2.24, 2.45) is 9.98 Å². The summed E-state index contributed by atoms with van der Waals surface area (Å²) >= 11 is 0. The van der Waals surface area contributed by atoms with E-state index < -0.39 is 0 Å². The molecule has 0 saturated heterocycles. The minimum Gasteiger partial charge on any atom is -0.460 e. The van der Waals surface area contributed by atoms with Crippen molar-refractivity contribution in [1.82, 2.24) is 0 Å². The Hall–Kier alpha value is -3.27. The molecule has 0 fully saturated rings. The van der Waals surface area contributed by atoms with Gasteiger partial charge < -0.3 is 4.74 Å². The van der Waals surface area contributed by atoms with Gasteiger partial charge in [-0.2, -0.15) is 0 Å². The first-order chi connectivity index (χ1) is 11.3. The minimum absolute atomic E-state index is 0.447. The van der Waals surface area contributed by atoms with Gasteiger partial charge in [0.25, 0.3) is 0 Å². The Bertz CT molecular complexity index is 1060. The van der Waals surface area contributed by atoms with Crippen molar-refractivity contribution < 1.29 is 9.53 Å². The zero-order chi connectivity index (χ0) is 15.6. The Morgan fingerprint density at radius 3 is 2.61 bits per heavy atom. The highest BCUT2D eigenvalue weighted by molar-refractivity contribution is 5.88. The van der Waals surface area contributed by atoms with E-state index in [1.54, 1.807) is 12.1 Å². The quantitative estimate of drug-likeness (QED) is 0.551. The SMILES string of the molecule is O=Cc1cccc2c1=NC(=COc1cccc3ccccc13)N=2. The molecule has 0 bridgehead atoms. The highest BCUT2D eigenvalue weighted by atomic mass is 16.5. The van der Waals surface area contributed by atoms with Gasteiger partial charge in [0.1, 0.15) is 17.4 Å². The number of carbonyl (C=O) groups is 1. The van der Waals surface area contributed by atoms with E-state index in [2.05, 4.69) is 9.98 Å². The molecule has 110 valence electrons. The summed E-state index contributed by atoms with van der Waals surface area (Å²) < 4.78 is 5.77. The van der Waals surface area contributed by atoms with Gasteiger partial charge in [0.2, 0.25) is 0 Å². The van der Waals surface area contributed by atoms with Gasteiger partial charge in [0.15, 0.2) is 12.1 Å². The molecule has 0 atom stereocenters. The van der Waals surface area contributed by atoms with Gasteiger partial charge in [-0.25, -0.2) is 9.98 Å². The lowest BCUT2D eigenvalue weighted by molar-refractivity contribution is 0.112. The van der Waals surface area contributed by atoms with E-state index >= 15 is 0 Å². The van der Waals surface area contributed by atoms with Crippen molar-refractivity contribution in [2.75, 3.05) is 0 Å². The van der Waals surface area contributed by atoms with Crippen LogP contribution in [0.1, 0.15) is 10.4 Å². The molecule has 4 nitrogen and oxygen atoms in total. The van der Waals surface area contributed by atoms with E-state index in [-0.39, 0.29) is 0 Å². The molecule has 0 amide bonds. The zero-order valence-corrected chi connectivity index (χ0v) is 12.1. The molecule has 0 radical (unpaired) electrons. The maximum Gasteiger partial charge on any atom is 0.189 e. The number of hydrogen-bond donors (Lipinski definition) is 0. The molecular formula is C19H12N2O2. The lowest BCUT2D eigenvalue weighted by Crippen LogP contribution is -2.25. The number of para-hydroxylation sites is 1. The summed E-state index contributed by atoms with van der Waals surface area (Å²) in [4.78, 5) is 19.8. The lowest BCUT2D eigenvalue weighted by atomic mass is 10.1. The van der Waals surface area contributed by atoms with E-state index in [9.17, 15) is 4.79 Å². The Morgan fingerprint density at radius 1 is 0.870 bits per heavy atom. The van der Waals surface area contributed by atoms with E-state index in [1.807, 2.05) is 48.5 Å². The largest absolute Gasteiger partial charge is 0.460 e. The molecule has 3 aromatic carbocycles. The van der Waals surface area contributed by atoms with Gasteiger partial charge in [0.05, 0.1) is 5.36 Å². The van der Waals surface area contributed by atoms with Gasteiger partial charge in [-0.3, -0.25) is 4.79 Å². The van der Waals surface area contributed by atoms with Crippen LogP contribution in [-0.2, 0) is 0 Å². The molecule has 0 N–H and O–H groups in total. The van der Waals surface area contributed by atoms with Gasteiger partial charge in [0, 0.05) is 10.9 Å². The number of ether oxygens (including phenoxy) is 1. The van der Waals surface area contributed by atoms with Gasteiger partial charge in [-0.15, -0.1) is 0 Å². The number of fused-ring (bicyclic) bond motifs is 2. The maximum atomic E-state index is 11.0. The fourth-order valence-corrected chi connectivity index (χ4v) is 2.59. The minimum atomic E-state index is 0.447. The number of aldehydes is 1. The number of carbonyl (C=O) groups excluding carboxylic acids is 1. The molecule has 0 aliphatic carbocycles.